The lowest BCUT2D eigenvalue weighted by Gasteiger charge is -2.04. The van der Waals surface area contributed by atoms with Crippen LogP contribution in [0, 0.1) is 0 Å². The minimum Gasteiger partial charge on any atom is -0.480 e. The molecule has 0 atom stereocenters. The molecule has 1 aliphatic rings. The first-order valence-corrected chi connectivity index (χ1v) is 6.01. The molecule has 17 heavy (non-hydrogen) atoms. The zero-order chi connectivity index (χ0) is 12.0. The number of rotatable bonds is 2. The second-order valence-corrected chi connectivity index (χ2v) is 5.00. The van der Waals surface area contributed by atoms with Crippen molar-refractivity contribution in [2.45, 2.75) is 13.0 Å². The normalized spacial score (nSPS) is 12.2. The largest absolute Gasteiger partial charge is 0.480 e. The third kappa shape index (κ3) is 1.51. The lowest BCUT2D eigenvalue weighted by molar-refractivity contribution is -0.137. The SMILES string of the molecule is O=C(O)Cn1c2c(sc1=O)Cc1ccccc1-2. The average Bonchev–Trinajstić information content (AvgIpc) is 2.75. The van der Waals surface area contributed by atoms with Crippen molar-refractivity contribution in [3.05, 3.63) is 44.4 Å². The zero-order valence-corrected chi connectivity index (χ0v) is 9.66. The summed E-state index contributed by atoms with van der Waals surface area (Å²) in [6, 6.07) is 7.81. The second kappa shape index (κ2) is 3.56. The van der Waals surface area contributed by atoms with Crippen molar-refractivity contribution in [1.82, 2.24) is 4.57 Å². The third-order valence-electron chi connectivity index (χ3n) is 2.88. The molecule has 0 unspecified atom stereocenters. The number of aromatic nitrogens is 1. The van der Waals surface area contributed by atoms with Gasteiger partial charge in [-0.15, -0.1) is 0 Å². The van der Waals surface area contributed by atoms with E-state index in [9.17, 15) is 9.59 Å². The van der Waals surface area contributed by atoms with E-state index in [0.717, 1.165) is 39.5 Å². The van der Waals surface area contributed by atoms with E-state index in [0.29, 0.717) is 0 Å². The van der Waals surface area contributed by atoms with Crippen LogP contribution in [-0.2, 0) is 17.8 Å². The highest BCUT2D eigenvalue weighted by Gasteiger charge is 2.25. The van der Waals surface area contributed by atoms with Crippen molar-refractivity contribution in [2.24, 2.45) is 0 Å². The van der Waals surface area contributed by atoms with Crippen molar-refractivity contribution < 1.29 is 9.90 Å². The van der Waals surface area contributed by atoms with E-state index < -0.39 is 5.97 Å². The maximum Gasteiger partial charge on any atom is 0.323 e. The second-order valence-electron chi connectivity index (χ2n) is 3.95. The van der Waals surface area contributed by atoms with Crippen LogP contribution in [0.15, 0.2) is 29.1 Å². The molecular formula is C12H9NO3S. The zero-order valence-electron chi connectivity index (χ0n) is 8.84. The molecule has 4 nitrogen and oxygen atoms in total. The Bertz CT molecular complexity index is 669. The number of hydrogen-bond acceptors (Lipinski definition) is 3. The van der Waals surface area contributed by atoms with Gasteiger partial charge in [-0.1, -0.05) is 35.6 Å². The van der Waals surface area contributed by atoms with Crippen LogP contribution >= 0.6 is 11.3 Å². The summed E-state index contributed by atoms with van der Waals surface area (Å²) >= 11 is 1.15. The number of carbonyl (C=O) groups is 1. The maximum atomic E-state index is 11.7. The first-order valence-electron chi connectivity index (χ1n) is 5.19. The Kier molecular flexibility index (Phi) is 2.16. The summed E-state index contributed by atoms with van der Waals surface area (Å²) in [6.45, 7) is -0.265. The van der Waals surface area contributed by atoms with Gasteiger partial charge in [-0.05, 0) is 5.56 Å². The molecule has 1 N–H and O–H groups in total. The Morgan fingerprint density at radius 1 is 1.41 bits per heavy atom. The summed E-state index contributed by atoms with van der Waals surface area (Å²) in [6.07, 6.45) is 0.734. The van der Waals surface area contributed by atoms with Crippen LogP contribution in [0.3, 0.4) is 0 Å². The number of fused-ring (bicyclic) bond motifs is 3. The van der Waals surface area contributed by atoms with Gasteiger partial charge in [-0.25, -0.2) is 0 Å². The summed E-state index contributed by atoms with van der Waals surface area (Å²) in [4.78, 5) is 23.3. The predicted octanol–water partition coefficient (Wildman–Crippen LogP) is 1.57. The lowest BCUT2D eigenvalue weighted by Crippen LogP contribution is -2.19. The van der Waals surface area contributed by atoms with Gasteiger partial charge in [0.2, 0.25) is 0 Å². The topological polar surface area (TPSA) is 59.3 Å². The van der Waals surface area contributed by atoms with Crippen molar-refractivity contribution in [1.29, 1.82) is 0 Å². The predicted molar refractivity (Wildman–Crippen MR) is 64.5 cm³/mol. The number of benzene rings is 1. The van der Waals surface area contributed by atoms with E-state index in [1.165, 1.54) is 4.57 Å². The summed E-state index contributed by atoms with van der Waals surface area (Å²) in [5.41, 5.74) is 2.94. The monoisotopic (exact) mass is 247 g/mol. The average molecular weight is 247 g/mol. The van der Waals surface area contributed by atoms with Crippen LogP contribution in [0.25, 0.3) is 11.3 Å². The fourth-order valence-corrected chi connectivity index (χ4v) is 3.24. The van der Waals surface area contributed by atoms with Gasteiger partial charge in [0.25, 0.3) is 0 Å². The first kappa shape index (κ1) is 10.3. The highest BCUT2D eigenvalue weighted by atomic mass is 32.1. The Morgan fingerprint density at radius 3 is 2.94 bits per heavy atom. The van der Waals surface area contributed by atoms with Gasteiger partial charge in [0.15, 0.2) is 0 Å². The molecule has 0 spiro atoms. The molecule has 0 bridgehead atoms. The van der Waals surface area contributed by atoms with Crippen LogP contribution in [0.5, 0.6) is 0 Å². The molecule has 86 valence electrons. The smallest absolute Gasteiger partial charge is 0.323 e. The van der Waals surface area contributed by atoms with E-state index in [2.05, 4.69) is 0 Å². The van der Waals surface area contributed by atoms with Crippen LogP contribution in [0.4, 0.5) is 0 Å². The van der Waals surface area contributed by atoms with Crippen LogP contribution in [0.1, 0.15) is 10.4 Å². The molecule has 0 aliphatic heterocycles. The maximum absolute atomic E-state index is 11.7. The molecule has 3 rings (SSSR count). The third-order valence-corrected chi connectivity index (χ3v) is 3.86. The molecule has 0 amide bonds. The summed E-state index contributed by atoms with van der Waals surface area (Å²) in [7, 11) is 0. The molecule has 1 aromatic heterocycles. The van der Waals surface area contributed by atoms with Crippen molar-refractivity contribution in [3.8, 4) is 11.3 Å². The molecule has 1 aliphatic carbocycles. The Hall–Kier alpha value is -1.88. The molecule has 0 saturated heterocycles. The number of thiazole rings is 1. The summed E-state index contributed by atoms with van der Waals surface area (Å²) in [5.74, 6) is -0.989. The van der Waals surface area contributed by atoms with E-state index >= 15 is 0 Å². The fourth-order valence-electron chi connectivity index (χ4n) is 2.22. The minimum absolute atomic E-state index is 0.188. The molecule has 5 heteroatoms. The van der Waals surface area contributed by atoms with Crippen molar-refractivity contribution in [3.63, 3.8) is 0 Å². The quantitative estimate of drug-likeness (QED) is 0.747. The Balaban J connectivity index is 2.23. The van der Waals surface area contributed by atoms with Gasteiger partial charge in [0.1, 0.15) is 6.54 Å². The molecule has 2 aromatic rings. The highest BCUT2D eigenvalue weighted by molar-refractivity contribution is 7.09. The molecule has 0 radical (unpaired) electrons. The first-order chi connectivity index (χ1) is 8.16. The number of carboxylic acid groups (broad SMARTS) is 1. The van der Waals surface area contributed by atoms with Gasteiger partial charge >= 0.3 is 10.8 Å². The molecule has 0 fully saturated rings. The minimum atomic E-state index is -0.989. The number of carboxylic acids is 1. The standard InChI is InChI=1S/C12H9NO3S/c14-10(15)6-13-11-8-4-2-1-3-7(8)5-9(11)17-12(13)16/h1-4H,5-6H2,(H,14,15). The Labute approximate surface area is 101 Å². The van der Waals surface area contributed by atoms with E-state index in [1.807, 2.05) is 24.3 Å². The van der Waals surface area contributed by atoms with Gasteiger partial charge in [0.05, 0.1) is 5.69 Å². The number of hydrogen-bond donors (Lipinski definition) is 1. The fraction of sp³-hybridized carbons (Fsp3) is 0.167. The number of aliphatic carboxylic acids is 1. The van der Waals surface area contributed by atoms with Gasteiger partial charge in [0, 0.05) is 16.9 Å². The molecular weight excluding hydrogens is 238 g/mol. The summed E-state index contributed by atoms with van der Waals surface area (Å²) < 4.78 is 1.36. The van der Waals surface area contributed by atoms with Crippen molar-refractivity contribution in [2.75, 3.05) is 0 Å². The van der Waals surface area contributed by atoms with E-state index in [1.54, 1.807) is 0 Å². The van der Waals surface area contributed by atoms with Gasteiger partial charge < -0.3 is 5.11 Å². The molecule has 0 saturated carbocycles. The molecule has 1 aromatic carbocycles. The van der Waals surface area contributed by atoms with Crippen LogP contribution in [0.2, 0.25) is 0 Å². The van der Waals surface area contributed by atoms with Crippen LogP contribution < -0.4 is 4.87 Å². The van der Waals surface area contributed by atoms with Gasteiger partial charge in [-0.2, -0.15) is 0 Å². The van der Waals surface area contributed by atoms with Gasteiger partial charge in [-0.3, -0.25) is 14.2 Å². The lowest BCUT2D eigenvalue weighted by atomic mass is 10.1. The van der Waals surface area contributed by atoms with E-state index in [4.69, 9.17) is 5.11 Å². The Morgan fingerprint density at radius 2 is 2.18 bits per heavy atom. The molecule has 1 heterocycles. The van der Waals surface area contributed by atoms with E-state index in [-0.39, 0.29) is 11.4 Å². The van der Waals surface area contributed by atoms with Crippen LogP contribution in [-0.4, -0.2) is 15.6 Å². The van der Waals surface area contributed by atoms with Crippen molar-refractivity contribution >= 4 is 17.3 Å². The number of nitrogens with zero attached hydrogens (tertiary/aromatic N) is 1. The summed E-state index contributed by atoms with van der Waals surface area (Å²) in [5, 5.41) is 8.83. The highest BCUT2D eigenvalue weighted by Crippen LogP contribution is 2.37.